The lowest BCUT2D eigenvalue weighted by atomic mass is 10.1. The minimum Gasteiger partial charge on any atom is -0.342 e. The molecule has 1 atom stereocenters. The number of likely N-dealkylation sites (tertiary alicyclic amines) is 1. The van der Waals surface area contributed by atoms with Crippen molar-refractivity contribution >= 4 is 15.9 Å². The number of aromatic nitrogens is 2. The topological polar surface area (TPSA) is 103 Å². The SMILES string of the molecule is CS(=O)(=O)N1CCc2c(nc([C@@H]3CCN(C(=O)CCc4ccccc4)C3)[nH]c2=O)C1. The summed E-state index contributed by atoms with van der Waals surface area (Å²) in [6.45, 7) is 1.57. The molecule has 160 valence electrons. The van der Waals surface area contributed by atoms with E-state index < -0.39 is 10.0 Å². The minimum atomic E-state index is -3.33. The van der Waals surface area contributed by atoms with Crippen molar-refractivity contribution in [2.45, 2.75) is 38.1 Å². The number of nitrogens with zero attached hydrogens (tertiary/aromatic N) is 3. The lowest BCUT2D eigenvalue weighted by Crippen LogP contribution is -2.39. The maximum atomic E-state index is 12.6. The van der Waals surface area contributed by atoms with Gasteiger partial charge in [0.15, 0.2) is 0 Å². The van der Waals surface area contributed by atoms with Crippen LogP contribution in [0, 0.1) is 0 Å². The Morgan fingerprint density at radius 2 is 2.00 bits per heavy atom. The average molecular weight is 431 g/mol. The van der Waals surface area contributed by atoms with Crippen LogP contribution in [0.2, 0.25) is 0 Å². The molecule has 0 bridgehead atoms. The van der Waals surface area contributed by atoms with Crippen LogP contribution in [0.5, 0.6) is 0 Å². The number of H-pyrrole nitrogens is 1. The van der Waals surface area contributed by atoms with Crippen molar-refractivity contribution in [2.24, 2.45) is 0 Å². The molecular formula is C21H26N4O4S. The van der Waals surface area contributed by atoms with Gasteiger partial charge in [-0.05, 0) is 24.8 Å². The van der Waals surface area contributed by atoms with Crippen molar-refractivity contribution in [3.8, 4) is 0 Å². The van der Waals surface area contributed by atoms with E-state index in [1.165, 1.54) is 10.6 Å². The van der Waals surface area contributed by atoms with Gasteiger partial charge in [-0.15, -0.1) is 0 Å². The molecule has 1 aromatic carbocycles. The normalized spacial score (nSPS) is 19.6. The van der Waals surface area contributed by atoms with Crippen LogP contribution in [0.4, 0.5) is 0 Å². The number of rotatable bonds is 5. The van der Waals surface area contributed by atoms with Crippen LogP contribution in [-0.4, -0.2) is 59.4 Å². The molecule has 8 nitrogen and oxygen atoms in total. The van der Waals surface area contributed by atoms with Gasteiger partial charge in [-0.3, -0.25) is 9.59 Å². The molecule has 1 saturated heterocycles. The second-order valence-electron chi connectivity index (χ2n) is 8.03. The van der Waals surface area contributed by atoms with Crippen LogP contribution in [-0.2, 0) is 34.2 Å². The molecule has 1 amide bonds. The fourth-order valence-electron chi connectivity index (χ4n) is 4.18. The van der Waals surface area contributed by atoms with Gasteiger partial charge in [0, 0.05) is 37.5 Å². The first kappa shape index (κ1) is 20.7. The highest BCUT2D eigenvalue weighted by atomic mass is 32.2. The Morgan fingerprint density at radius 1 is 1.23 bits per heavy atom. The lowest BCUT2D eigenvalue weighted by Gasteiger charge is -2.26. The summed E-state index contributed by atoms with van der Waals surface area (Å²) in [5, 5.41) is 0. The Labute approximate surface area is 176 Å². The van der Waals surface area contributed by atoms with Crippen molar-refractivity contribution in [1.82, 2.24) is 19.2 Å². The first-order chi connectivity index (χ1) is 14.3. The zero-order valence-electron chi connectivity index (χ0n) is 17.0. The fraction of sp³-hybridized carbons (Fsp3) is 0.476. The van der Waals surface area contributed by atoms with E-state index in [4.69, 9.17) is 0 Å². The number of fused-ring (bicyclic) bond motifs is 1. The number of aromatic amines is 1. The number of amides is 1. The van der Waals surface area contributed by atoms with E-state index in [0.717, 1.165) is 12.0 Å². The molecule has 9 heteroatoms. The summed E-state index contributed by atoms with van der Waals surface area (Å²) in [5.41, 5.74) is 2.03. The molecule has 0 spiro atoms. The third-order valence-corrected chi connectivity index (χ3v) is 7.17. The quantitative estimate of drug-likeness (QED) is 0.763. The van der Waals surface area contributed by atoms with Crippen LogP contribution in [0.1, 0.15) is 41.4 Å². The highest BCUT2D eigenvalue weighted by Crippen LogP contribution is 2.26. The van der Waals surface area contributed by atoms with Gasteiger partial charge in [0.25, 0.3) is 5.56 Å². The second kappa shape index (κ2) is 8.31. The molecule has 1 fully saturated rings. The first-order valence-corrected chi connectivity index (χ1v) is 12.0. The number of sulfonamides is 1. The summed E-state index contributed by atoms with van der Waals surface area (Å²) < 4.78 is 25.1. The number of carbonyl (C=O) groups is 1. The van der Waals surface area contributed by atoms with Crippen LogP contribution >= 0.6 is 0 Å². The summed E-state index contributed by atoms with van der Waals surface area (Å²) in [6, 6.07) is 9.92. The average Bonchev–Trinajstić information content (AvgIpc) is 3.22. The van der Waals surface area contributed by atoms with Crippen molar-refractivity contribution in [3.05, 3.63) is 63.3 Å². The fourth-order valence-corrected chi connectivity index (χ4v) is 4.96. The Morgan fingerprint density at radius 3 is 2.73 bits per heavy atom. The van der Waals surface area contributed by atoms with Crippen LogP contribution in [0.3, 0.4) is 0 Å². The summed E-state index contributed by atoms with van der Waals surface area (Å²) in [4.78, 5) is 34.4. The maximum absolute atomic E-state index is 12.6. The van der Waals surface area contributed by atoms with Crippen LogP contribution in [0.15, 0.2) is 35.1 Å². The van der Waals surface area contributed by atoms with Gasteiger partial charge >= 0.3 is 0 Å². The Bertz CT molecular complexity index is 1100. The van der Waals surface area contributed by atoms with Crippen molar-refractivity contribution in [2.75, 3.05) is 25.9 Å². The van der Waals surface area contributed by atoms with E-state index in [-0.39, 0.29) is 23.9 Å². The first-order valence-electron chi connectivity index (χ1n) is 10.2. The van der Waals surface area contributed by atoms with Crippen LogP contribution < -0.4 is 5.56 Å². The highest BCUT2D eigenvalue weighted by Gasteiger charge is 2.31. The molecular weight excluding hydrogens is 404 g/mol. The number of carbonyl (C=O) groups excluding carboxylic acids is 1. The maximum Gasteiger partial charge on any atom is 0.254 e. The van der Waals surface area contributed by atoms with Crippen molar-refractivity contribution in [1.29, 1.82) is 0 Å². The van der Waals surface area contributed by atoms with E-state index in [2.05, 4.69) is 9.97 Å². The van der Waals surface area contributed by atoms with Gasteiger partial charge in [0.05, 0.1) is 18.5 Å². The van der Waals surface area contributed by atoms with Gasteiger partial charge in [0.1, 0.15) is 5.82 Å². The smallest absolute Gasteiger partial charge is 0.254 e. The summed E-state index contributed by atoms with van der Waals surface area (Å²) in [7, 11) is -3.33. The summed E-state index contributed by atoms with van der Waals surface area (Å²) >= 11 is 0. The van der Waals surface area contributed by atoms with Gasteiger partial charge in [0.2, 0.25) is 15.9 Å². The zero-order valence-corrected chi connectivity index (χ0v) is 17.8. The molecule has 1 aromatic heterocycles. The molecule has 0 saturated carbocycles. The van der Waals surface area contributed by atoms with E-state index in [1.54, 1.807) is 0 Å². The van der Waals surface area contributed by atoms with E-state index in [0.29, 0.717) is 56.0 Å². The predicted octanol–water partition coefficient (Wildman–Crippen LogP) is 1.04. The molecule has 30 heavy (non-hydrogen) atoms. The molecule has 1 N–H and O–H groups in total. The molecule has 3 heterocycles. The monoisotopic (exact) mass is 430 g/mol. The second-order valence-corrected chi connectivity index (χ2v) is 10.0. The molecule has 2 aromatic rings. The molecule has 0 unspecified atom stereocenters. The summed E-state index contributed by atoms with van der Waals surface area (Å²) in [6.07, 6.45) is 3.42. The minimum absolute atomic E-state index is 0.0442. The van der Waals surface area contributed by atoms with Gasteiger partial charge in [-0.2, -0.15) is 4.31 Å². The zero-order chi connectivity index (χ0) is 21.3. The third kappa shape index (κ3) is 4.46. The molecule has 2 aliphatic heterocycles. The number of nitrogens with one attached hydrogen (secondary N) is 1. The molecule has 2 aliphatic rings. The largest absolute Gasteiger partial charge is 0.342 e. The highest BCUT2D eigenvalue weighted by molar-refractivity contribution is 7.88. The molecule has 0 radical (unpaired) electrons. The van der Waals surface area contributed by atoms with E-state index in [9.17, 15) is 18.0 Å². The predicted molar refractivity (Wildman–Crippen MR) is 113 cm³/mol. The van der Waals surface area contributed by atoms with E-state index in [1.807, 2.05) is 35.2 Å². The van der Waals surface area contributed by atoms with Gasteiger partial charge in [-0.1, -0.05) is 30.3 Å². The number of hydrogen-bond donors (Lipinski definition) is 1. The lowest BCUT2D eigenvalue weighted by molar-refractivity contribution is -0.130. The van der Waals surface area contributed by atoms with Gasteiger partial charge < -0.3 is 9.88 Å². The standard InChI is InChI=1S/C21H26N4O4S/c1-30(28,29)25-12-10-17-18(14-25)22-20(23-21(17)27)16-9-11-24(13-16)19(26)8-7-15-5-3-2-4-6-15/h2-6,16H,7-14H2,1H3,(H,22,23,27)/t16-/m1/s1. The number of aryl methyl sites for hydroxylation is 1. The third-order valence-electron chi connectivity index (χ3n) is 5.92. The molecule has 0 aliphatic carbocycles. The molecule has 4 rings (SSSR count). The Balaban J connectivity index is 1.43. The van der Waals surface area contributed by atoms with Gasteiger partial charge in [-0.25, -0.2) is 13.4 Å². The van der Waals surface area contributed by atoms with Crippen molar-refractivity contribution < 1.29 is 13.2 Å². The Kier molecular flexibility index (Phi) is 5.75. The van der Waals surface area contributed by atoms with Crippen molar-refractivity contribution in [3.63, 3.8) is 0 Å². The van der Waals surface area contributed by atoms with Crippen LogP contribution in [0.25, 0.3) is 0 Å². The number of benzene rings is 1. The number of hydrogen-bond acceptors (Lipinski definition) is 5. The van der Waals surface area contributed by atoms with E-state index >= 15 is 0 Å². The Hall–Kier alpha value is -2.52. The summed E-state index contributed by atoms with van der Waals surface area (Å²) in [5.74, 6) is 0.606.